The molecule has 22 heavy (non-hydrogen) atoms. The van der Waals surface area contributed by atoms with Crippen molar-refractivity contribution in [1.82, 2.24) is 5.32 Å². The number of para-hydroxylation sites is 1. The fourth-order valence-corrected chi connectivity index (χ4v) is 3.47. The van der Waals surface area contributed by atoms with Crippen LogP contribution in [0.1, 0.15) is 34.1 Å². The van der Waals surface area contributed by atoms with Crippen LogP contribution in [0.3, 0.4) is 0 Å². The highest BCUT2D eigenvalue weighted by molar-refractivity contribution is 5.99. The van der Waals surface area contributed by atoms with Crippen LogP contribution >= 0.6 is 0 Å². The fourth-order valence-electron chi connectivity index (χ4n) is 3.47. The molecule has 1 aromatic carbocycles. The molecule has 2 bridgehead atoms. The number of morpholine rings is 1. The van der Waals surface area contributed by atoms with E-state index in [1.165, 1.54) is 0 Å². The van der Waals surface area contributed by atoms with Gasteiger partial charge in [0.25, 0.3) is 0 Å². The van der Waals surface area contributed by atoms with Gasteiger partial charge in [-0.15, -0.1) is 0 Å². The lowest BCUT2D eigenvalue weighted by Gasteiger charge is -2.47. The van der Waals surface area contributed by atoms with E-state index in [9.17, 15) is 9.59 Å². The Hall–Kier alpha value is -1.88. The molecule has 3 atom stereocenters. The summed E-state index contributed by atoms with van der Waals surface area (Å²) < 4.78 is 5.62. The lowest BCUT2D eigenvalue weighted by molar-refractivity contribution is -0.181. The van der Waals surface area contributed by atoms with E-state index in [-0.39, 0.29) is 11.9 Å². The Morgan fingerprint density at radius 2 is 1.86 bits per heavy atom. The van der Waals surface area contributed by atoms with E-state index < -0.39 is 22.6 Å². The van der Waals surface area contributed by atoms with Crippen molar-refractivity contribution in [2.75, 3.05) is 5.32 Å². The van der Waals surface area contributed by atoms with Gasteiger partial charge in [-0.05, 0) is 46.2 Å². The Labute approximate surface area is 130 Å². The molecule has 0 saturated carbocycles. The van der Waals surface area contributed by atoms with E-state index in [0.717, 1.165) is 5.69 Å². The molecule has 2 aliphatic rings. The molecule has 1 aromatic rings. The Bertz CT molecular complexity index is 628. The minimum absolute atomic E-state index is 0.153. The molecule has 0 spiro atoms. The number of hydrogen-bond acceptors (Lipinski definition) is 4. The third-order valence-electron chi connectivity index (χ3n) is 5.30. The number of carbonyl (C=O) groups is 2. The second-order valence-corrected chi connectivity index (χ2v) is 7.17. The number of amides is 1. The monoisotopic (exact) mass is 302 g/mol. The summed E-state index contributed by atoms with van der Waals surface area (Å²) in [5.74, 6) is -0.979. The van der Waals surface area contributed by atoms with Gasteiger partial charge in [-0.25, -0.2) is 0 Å². The first-order valence-corrected chi connectivity index (χ1v) is 7.57. The Morgan fingerprint density at radius 1 is 1.23 bits per heavy atom. The van der Waals surface area contributed by atoms with E-state index in [1.807, 2.05) is 51.1 Å². The van der Waals surface area contributed by atoms with Crippen LogP contribution in [0, 0.1) is 5.92 Å². The second kappa shape index (κ2) is 4.56. The summed E-state index contributed by atoms with van der Waals surface area (Å²) in [6.07, 6.45) is 0.556. The van der Waals surface area contributed by atoms with Crippen LogP contribution in [-0.2, 0) is 14.3 Å². The number of hydrogen-bond donors (Lipinski definition) is 2. The highest BCUT2D eigenvalue weighted by Crippen LogP contribution is 2.48. The zero-order chi connectivity index (χ0) is 16.2. The van der Waals surface area contributed by atoms with Gasteiger partial charge in [0, 0.05) is 5.69 Å². The molecule has 0 aromatic heterocycles. The fraction of sp³-hybridized carbons (Fsp3) is 0.529. The molecule has 5 heteroatoms. The molecule has 5 nitrogen and oxygen atoms in total. The van der Waals surface area contributed by atoms with Crippen molar-refractivity contribution in [3.05, 3.63) is 30.3 Å². The van der Waals surface area contributed by atoms with Crippen molar-refractivity contribution < 1.29 is 14.3 Å². The van der Waals surface area contributed by atoms with Crippen molar-refractivity contribution >= 4 is 17.6 Å². The van der Waals surface area contributed by atoms with E-state index in [0.29, 0.717) is 6.42 Å². The summed E-state index contributed by atoms with van der Waals surface area (Å²) in [6.45, 7) is 7.53. The average molecular weight is 302 g/mol. The summed E-state index contributed by atoms with van der Waals surface area (Å²) in [4.78, 5) is 25.1. The second-order valence-electron chi connectivity index (χ2n) is 7.17. The molecular weight excluding hydrogens is 280 g/mol. The number of ether oxygens (including phenoxy) is 1. The molecule has 2 N–H and O–H groups in total. The summed E-state index contributed by atoms with van der Waals surface area (Å²) >= 11 is 0. The van der Waals surface area contributed by atoms with Crippen molar-refractivity contribution in [2.24, 2.45) is 5.92 Å². The van der Waals surface area contributed by atoms with E-state index in [2.05, 4.69) is 10.6 Å². The third-order valence-corrected chi connectivity index (χ3v) is 5.30. The first-order valence-electron chi connectivity index (χ1n) is 7.57. The minimum atomic E-state index is -0.983. The van der Waals surface area contributed by atoms with Crippen molar-refractivity contribution in [3.8, 4) is 0 Å². The summed E-state index contributed by atoms with van der Waals surface area (Å²) in [5.41, 5.74) is -1.32. The van der Waals surface area contributed by atoms with Crippen LogP contribution in [0.15, 0.2) is 30.3 Å². The maximum absolute atomic E-state index is 12.7. The number of rotatable bonds is 2. The number of anilines is 1. The molecular formula is C17H22N2O3. The lowest BCUT2D eigenvalue weighted by Crippen LogP contribution is -2.69. The quantitative estimate of drug-likeness (QED) is 0.821. The standard InChI is InChI=1S/C17H22N2O3/c1-15(2)16(3)10-12(17(4,19-16)14(21)22-15)13(20)18-11-8-6-5-7-9-11/h5-9,12,19H,10H2,1-4H3,(H,18,20)/t12-,16-,17+/m1/s1. The lowest BCUT2D eigenvalue weighted by atomic mass is 9.80. The van der Waals surface area contributed by atoms with Gasteiger partial charge in [-0.3, -0.25) is 14.9 Å². The smallest absolute Gasteiger partial charge is 0.327 e. The average Bonchev–Trinajstić information content (AvgIpc) is 2.71. The maximum atomic E-state index is 12.7. The normalized spacial score (nSPS) is 35.8. The predicted molar refractivity (Wildman–Crippen MR) is 83.3 cm³/mol. The molecule has 0 radical (unpaired) electrons. The Balaban J connectivity index is 1.89. The summed E-state index contributed by atoms with van der Waals surface area (Å²) in [7, 11) is 0. The van der Waals surface area contributed by atoms with E-state index in [4.69, 9.17) is 4.74 Å². The summed E-state index contributed by atoms with van der Waals surface area (Å²) in [5, 5.41) is 6.26. The molecule has 1 amide bonds. The van der Waals surface area contributed by atoms with Crippen molar-refractivity contribution in [2.45, 2.75) is 50.8 Å². The maximum Gasteiger partial charge on any atom is 0.327 e. The van der Waals surface area contributed by atoms with Crippen LogP contribution in [0.5, 0.6) is 0 Å². The molecule has 2 saturated heterocycles. The molecule has 0 unspecified atom stereocenters. The van der Waals surface area contributed by atoms with Gasteiger partial charge in [0.2, 0.25) is 5.91 Å². The topological polar surface area (TPSA) is 67.4 Å². The zero-order valence-corrected chi connectivity index (χ0v) is 13.4. The van der Waals surface area contributed by atoms with Gasteiger partial charge in [0.15, 0.2) is 0 Å². The largest absolute Gasteiger partial charge is 0.456 e. The number of cyclic esters (lactones) is 1. The first-order chi connectivity index (χ1) is 10.2. The highest BCUT2D eigenvalue weighted by atomic mass is 16.6. The molecule has 2 heterocycles. The Kier molecular flexibility index (Phi) is 3.11. The molecule has 2 aliphatic heterocycles. The predicted octanol–water partition coefficient (Wildman–Crippen LogP) is 2.09. The van der Waals surface area contributed by atoms with Gasteiger partial charge in [-0.2, -0.15) is 0 Å². The van der Waals surface area contributed by atoms with Crippen molar-refractivity contribution in [3.63, 3.8) is 0 Å². The number of nitrogens with one attached hydrogen (secondary N) is 2. The van der Waals surface area contributed by atoms with Crippen LogP contribution in [0.25, 0.3) is 0 Å². The van der Waals surface area contributed by atoms with Gasteiger partial charge >= 0.3 is 5.97 Å². The van der Waals surface area contributed by atoms with Gasteiger partial charge in [0.1, 0.15) is 11.1 Å². The number of benzene rings is 1. The van der Waals surface area contributed by atoms with Crippen molar-refractivity contribution in [1.29, 1.82) is 0 Å². The minimum Gasteiger partial charge on any atom is -0.456 e. The number of esters is 1. The highest BCUT2D eigenvalue weighted by Gasteiger charge is 2.67. The molecule has 0 aliphatic carbocycles. The van der Waals surface area contributed by atoms with E-state index >= 15 is 0 Å². The number of fused-ring (bicyclic) bond motifs is 2. The van der Waals surface area contributed by atoms with Gasteiger partial charge in [0.05, 0.1) is 11.5 Å². The molecule has 2 fully saturated rings. The SMILES string of the molecule is CC1(C)OC(=O)[C@@]2(C)N[C@]1(C)C[C@@H]2C(=O)Nc1ccccc1. The molecule has 118 valence electrons. The first kappa shape index (κ1) is 15.0. The molecule has 3 rings (SSSR count). The van der Waals surface area contributed by atoms with Crippen LogP contribution in [0.2, 0.25) is 0 Å². The summed E-state index contributed by atoms with van der Waals surface area (Å²) in [6, 6.07) is 9.28. The van der Waals surface area contributed by atoms with Gasteiger partial charge < -0.3 is 10.1 Å². The van der Waals surface area contributed by atoms with Crippen LogP contribution in [-0.4, -0.2) is 28.6 Å². The number of carbonyl (C=O) groups excluding carboxylic acids is 2. The van der Waals surface area contributed by atoms with Crippen LogP contribution in [0.4, 0.5) is 5.69 Å². The Morgan fingerprint density at radius 3 is 2.50 bits per heavy atom. The third kappa shape index (κ3) is 2.03. The van der Waals surface area contributed by atoms with Crippen LogP contribution < -0.4 is 10.6 Å². The zero-order valence-electron chi connectivity index (χ0n) is 13.4. The van der Waals surface area contributed by atoms with Gasteiger partial charge in [-0.1, -0.05) is 18.2 Å². The van der Waals surface area contributed by atoms with E-state index in [1.54, 1.807) is 6.92 Å².